The standard InChI is InChI=1S/C25H27N3OS/c1-18-6-5-8-21(16-18)27-15-14-26(17-19(27)2)25(29)23-10-11-24(30-23)28-13-12-20-7-3-4-9-22(20)28/h3-11,16,19H,12-15,17H2,1-2H3. The zero-order valence-corrected chi connectivity index (χ0v) is 18.4. The van der Waals surface area contributed by atoms with Gasteiger partial charge in [0.25, 0.3) is 5.91 Å². The van der Waals surface area contributed by atoms with E-state index in [-0.39, 0.29) is 5.91 Å². The van der Waals surface area contributed by atoms with Crippen molar-refractivity contribution in [3.8, 4) is 0 Å². The molecule has 2 aliphatic heterocycles. The van der Waals surface area contributed by atoms with Gasteiger partial charge in [-0.05, 0) is 61.7 Å². The van der Waals surface area contributed by atoms with Crippen LogP contribution in [0.2, 0.25) is 0 Å². The third-order valence-electron chi connectivity index (χ3n) is 6.20. The number of aryl methyl sites for hydroxylation is 1. The van der Waals surface area contributed by atoms with E-state index in [4.69, 9.17) is 0 Å². The topological polar surface area (TPSA) is 26.8 Å². The molecule has 0 saturated carbocycles. The van der Waals surface area contributed by atoms with Crippen LogP contribution in [0.3, 0.4) is 0 Å². The molecule has 1 aromatic heterocycles. The fourth-order valence-corrected chi connectivity index (χ4v) is 5.66. The van der Waals surface area contributed by atoms with Gasteiger partial charge < -0.3 is 14.7 Å². The molecule has 1 atom stereocenters. The van der Waals surface area contributed by atoms with Gasteiger partial charge in [-0.2, -0.15) is 0 Å². The predicted octanol–water partition coefficient (Wildman–Crippen LogP) is 5.10. The highest BCUT2D eigenvalue weighted by Gasteiger charge is 2.29. The van der Waals surface area contributed by atoms with Gasteiger partial charge in [-0.1, -0.05) is 30.3 Å². The molecular formula is C25H27N3OS. The Balaban J connectivity index is 1.29. The van der Waals surface area contributed by atoms with Crippen molar-refractivity contribution in [1.82, 2.24) is 4.90 Å². The Bertz CT molecular complexity index is 1080. The Hall–Kier alpha value is -2.79. The Morgan fingerprint density at radius 2 is 1.87 bits per heavy atom. The lowest BCUT2D eigenvalue weighted by molar-refractivity contribution is 0.0731. The number of anilines is 3. The van der Waals surface area contributed by atoms with Crippen LogP contribution in [-0.2, 0) is 6.42 Å². The maximum Gasteiger partial charge on any atom is 0.264 e. The second-order valence-corrected chi connectivity index (χ2v) is 9.36. The molecule has 0 radical (unpaired) electrons. The molecule has 5 rings (SSSR count). The van der Waals surface area contributed by atoms with Crippen LogP contribution in [0.4, 0.5) is 16.4 Å². The molecule has 0 spiro atoms. The highest BCUT2D eigenvalue weighted by atomic mass is 32.1. The quantitative estimate of drug-likeness (QED) is 0.593. The summed E-state index contributed by atoms with van der Waals surface area (Å²) in [5, 5.41) is 1.16. The number of hydrogen-bond donors (Lipinski definition) is 0. The van der Waals surface area contributed by atoms with Crippen LogP contribution in [-0.4, -0.2) is 43.0 Å². The van der Waals surface area contributed by atoms with Crippen molar-refractivity contribution in [2.75, 3.05) is 36.0 Å². The molecule has 2 aliphatic rings. The Morgan fingerprint density at radius 3 is 2.70 bits per heavy atom. The van der Waals surface area contributed by atoms with E-state index in [1.54, 1.807) is 11.3 Å². The molecule has 5 heteroatoms. The minimum Gasteiger partial charge on any atom is -0.365 e. The predicted molar refractivity (Wildman–Crippen MR) is 125 cm³/mol. The van der Waals surface area contributed by atoms with Crippen LogP contribution in [0.15, 0.2) is 60.7 Å². The molecule has 1 saturated heterocycles. The van der Waals surface area contributed by atoms with E-state index in [1.807, 2.05) is 11.0 Å². The molecule has 30 heavy (non-hydrogen) atoms. The van der Waals surface area contributed by atoms with Gasteiger partial charge in [-0.25, -0.2) is 0 Å². The second kappa shape index (κ2) is 7.80. The van der Waals surface area contributed by atoms with Gasteiger partial charge in [-0.3, -0.25) is 4.79 Å². The van der Waals surface area contributed by atoms with Crippen LogP contribution in [0.25, 0.3) is 0 Å². The monoisotopic (exact) mass is 417 g/mol. The Morgan fingerprint density at radius 1 is 1.00 bits per heavy atom. The number of benzene rings is 2. The largest absolute Gasteiger partial charge is 0.365 e. The van der Waals surface area contributed by atoms with E-state index in [2.05, 4.69) is 78.2 Å². The maximum atomic E-state index is 13.2. The first-order chi connectivity index (χ1) is 14.6. The Labute approximate surface area is 182 Å². The molecule has 0 bridgehead atoms. The molecule has 3 aromatic rings. The number of hydrogen-bond acceptors (Lipinski definition) is 4. The van der Waals surface area contributed by atoms with Gasteiger partial charge in [0.1, 0.15) is 0 Å². The highest BCUT2D eigenvalue weighted by Crippen LogP contribution is 2.38. The van der Waals surface area contributed by atoms with E-state index in [1.165, 1.54) is 22.5 Å². The fraction of sp³-hybridized carbons (Fsp3) is 0.320. The molecule has 3 heterocycles. The normalized spacial score (nSPS) is 18.6. The lowest BCUT2D eigenvalue weighted by Crippen LogP contribution is -2.53. The van der Waals surface area contributed by atoms with Crippen LogP contribution in [0, 0.1) is 6.92 Å². The first kappa shape index (κ1) is 19.2. The van der Waals surface area contributed by atoms with E-state index in [9.17, 15) is 4.79 Å². The maximum absolute atomic E-state index is 13.2. The molecule has 154 valence electrons. The second-order valence-electron chi connectivity index (χ2n) is 8.30. The number of fused-ring (bicyclic) bond motifs is 1. The van der Waals surface area contributed by atoms with E-state index in [0.29, 0.717) is 6.04 Å². The smallest absolute Gasteiger partial charge is 0.264 e. The van der Waals surface area contributed by atoms with Crippen molar-refractivity contribution < 1.29 is 4.79 Å². The van der Waals surface area contributed by atoms with Crippen molar-refractivity contribution in [1.29, 1.82) is 0 Å². The number of piperazine rings is 1. The first-order valence-electron chi connectivity index (χ1n) is 10.7. The van der Waals surface area contributed by atoms with Gasteiger partial charge >= 0.3 is 0 Å². The molecule has 1 amide bonds. The minimum atomic E-state index is 0.162. The summed E-state index contributed by atoms with van der Waals surface area (Å²) in [6, 6.07) is 21.6. The van der Waals surface area contributed by atoms with Gasteiger partial charge in [0, 0.05) is 43.6 Å². The zero-order chi connectivity index (χ0) is 20.7. The van der Waals surface area contributed by atoms with E-state index in [0.717, 1.165) is 42.5 Å². The van der Waals surface area contributed by atoms with Crippen LogP contribution >= 0.6 is 11.3 Å². The number of carbonyl (C=O) groups excluding carboxylic acids is 1. The summed E-state index contributed by atoms with van der Waals surface area (Å²) in [6.07, 6.45) is 1.07. The molecule has 2 aromatic carbocycles. The number of rotatable bonds is 3. The summed E-state index contributed by atoms with van der Waals surface area (Å²) < 4.78 is 0. The van der Waals surface area contributed by atoms with Gasteiger partial charge in [-0.15, -0.1) is 11.3 Å². The number of nitrogens with zero attached hydrogens (tertiary/aromatic N) is 3. The van der Waals surface area contributed by atoms with Gasteiger partial charge in [0.15, 0.2) is 0 Å². The lowest BCUT2D eigenvalue weighted by atomic mass is 10.1. The molecule has 0 N–H and O–H groups in total. The molecule has 4 nitrogen and oxygen atoms in total. The Kier molecular flexibility index (Phi) is 4.99. The third-order valence-corrected chi connectivity index (χ3v) is 7.30. The van der Waals surface area contributed by atoms with Crippen molar-refractivity contribution >= 4 is 33.6 Å². The first-order valence-corrected chi connectivity index (χ1v) is 11.5. The number of para-hydroxylation sites is 1. The van der Waals surface area contributed by atoms with Crippen LogP contribution in [0.5, 0.6) is 0 Å². The van der Waals surface area contributed by atoms with Crippen LogP contribution < -0.4 is 9.80 Å². The van der Waals surface area contributed by atoms with E-state index < -0.39 is 0 Å². The molecule has 1 fully saturated rings. The summed E-state index contributed by atoms with van der Waals surface area (Å²) in [7, 11) is 0. The summed E-state index contributed by atoms with van der Waals surface area (Å²) in [4.78, 5) is 20.8. The number of amides is 1. The number of thiophene rings is 1. The minimum absolute atomic E-state index is 0.162. The average molecular weight is 418 g/mol. The summed E-state index contributed by atoms with van der Waals surface area (Å²) in [5.74, 6) is 0.162. The van der Waals surface area contributed by atoms with E-state index >= 15 is 0 Å². The average Bonchev–Trinajstić information content (AvgIpc) is 3.40. The zero-order valence-electron chi connectivity index (χ0n) is 17.5. The van der Waals surface area contributed by atoms with Crippen molar-refractivity contribution in [2.45, 2.75) is 26.3 Å². The lowest BCUT2D eigenvalue weighted by Gasteiger charge is -2.41. The third kappa shape index (κ3) is 3.47. The van der Waals surface area contributed by atoms with Crippen LogP contribution in [0.1, 0.15) is 27.7 Å². The molecule has 0 aliphatic carbocycles. The molecule has 1 unspecified atom stereocenters. The summed E-state index contributed by atoms with van der Waals surface area (Å²) in [6.45, 7) is 7.71. The van der Waals surface area contributed by atoms with Crippen molar-refractivity contribution in [2.24, 2.45) is 0 Å². The van der Waals surface area contributed by atoms with Gasteiger partial charge in [0.05, 0.1) is 9.88 Å². The fourth-order valence-electron chi connectivity index (χ4n) is 4.64. The van der Waals surface area contributed by atoms with Crippen molar-refractivity contribution in [3.63, 3.8) is 0 Å². The highest BCUT2D eigenvalue weighted by molar-refractivity contribution is 7.18. The number of carbonyl (C=O) groups is 1. The SMILES string of the molecule is Cc1cccc(N2CCN(C(=O)c3ccc(N4CCc5ccccc54)s3)CC2C)c1. The molecular weight excluding hydrogens is 390 g/mol. The van der Waals surface area contributed by atoms with Crippen molar-refractivity contribution in [3.05, 3.63) is 76.7 Å². The summed E-state index contributed by atoms with van der Waals surface area (Å²) in [5.41, 5.74) is 5.19. The van der Waals surface area contributed by atoms with Gasteiger partial charge in [0.2, 0.25) is 0 Å². The summed E-state index contributed by atoms with van der Waals surface area (Å²) >= 11 is 1.62.